The van der Waals surface area contributed by atoms with Crippen LogP contribution in [0.3, 0.4) is 0 Å². The first-order valence-corrected chi connectivity index (χ1v) is 9.82. The summed E-state index contributed by atoms with van der Waals surface area (Å²) in [6.45, 7) is 1.47. The van der Waals surface area contributed by atoms with Gasteiger partial charge in [0.2, 0.25) is 5.91 Å². The Morgan fingerprint density at radius 2 is 2.04 bits per heavy atom. The van der Waals surface area contributed by atoms with Crippen LogP contribution in [-0.2, 0) is 17.8 Å². The summed E-state index contributed by atoms with van der Waals surface area (Å²) in [6, 6.07) is 13.5. The van der Waals surface area contributed by atoms with Gasteiger partial charge in [0.1, 0.15) is 0 Å². The van der Waals surface area contributed by atoms with Crippen LogP contribution >= 0.6 is 34.5 Å². The molecule has 0 aliphatic heterocycles. The molecule has 0 aliphatic rings. The highest BCUT2D eigenvalue weighted by atomic mass is 35.5. The minimum atomic E-state index is -0.0151. The fourth-order valence-electron chi connectivity index (χ4n) is 2.63. The van der Waals surface area contributed by atoms with Gasteiger partial charge in [-0.2, -0.15) is 0 Å². The van der Waals surface area contributed by atoms with Crippen LogP contribution in [0.15, 0.2) is 42.5 Å². The first-order chi connectivity index (χ1) is 12.5. The van der Waals surface area contributed by atoms with Crippen molar-refractivity contribution in [2.45, 2.75) is 13.0 Å². The summed E-state index contributed by atoms with van der Waals surface area (Å²) in [7, 11) is 1.89. The normalized spacial score (nSPS) is 11.2. The number of benzene rings is 2. The van der Waals surface area contributed by atoms with Gasteiger partial charge >= 0.3 is 0 Å². The zero-order valence-electron chi connectivity index (χ0n) is 14.3. The third kappa shape index (κ3) is 5.17. The van der Waals surface area contributed by atoms with Crippen molar-refractivity contribution in [3.8, 4) is 0 Å². The van der Waals surface area contributed by atoms with Gasteiger partial charge in [0.15, 0.2) is 0 Å². The minimum absolute atomic E-state index is 0.0151. The molecule has 1 N–H and O–H groups in total. The number of thiazole rings is 1. The van der Waals surface area contributed by atoms with E-state index in [0.29, 0.717) is 29.7 Å². The average molecular weight is 408 g/mol. The Kier molecular flexibility index (Phi) is 6.48. The Labute approximate surface area is 166 Å². The Hall–Kier alpha value is -1.66. The van der Waals surface area contributed by atoms with Crippen molar-refractivity contribution in [2.24, 2.45) is 0 Å². The average Bonchev–Trinajstić information content (AvgIpc) is 3.00. The number of hydrogen-bond acceptors (Lipinski definition) is 4. The van der Waals surface area contributed by atoms with Crippen LogP contribution in [-0.4, -0.2) is 35.9 Å². The molecule has 3 aromatic rings. The van der Waals surface area contributed by atoms with E-state index in [1.807, 2.05) is 36.2 Å². The topological polar surface area (TPSA) is 45.2 Å². The van der Waals surface area contributed by atoms with Gasteiger partial charge in [-0.1, -0.05) is 41.4 Å². The van der Waals surface area contributed by atoms with E-state index in [1.54, 1.807) is 23.5 Å². The first-order valence-electron chi connectivity index (χ1n) is 8.25. The number of amides is 1. The number of fused-ring (bicyclic) bond motifs is 1. The molecule has 0 radical (unpaired) electrons. The molecule has 0 spiro atoms. The number of carbonyl (C=O) groups is 1. The van der Waals surface area contributed by atoms with Crippen LogP contribution in [0.25, 0.3) is 10.2 Å². The largest absolute Gasteiger partial charge is 0.355 e. The van der Waals surface area contributed by atoms with Gasteiger partial charge in [-0.25, -0.2) is 4.98 Å². The summed E-state index contributed by atoms with van der Waals surface area (Å²) >= 11 is 13.8. The predicted octanol–water partition coefficient (Wildman–Crippen LogP) is 4.39. The monoisotopic (exact) mass is 407 g/mol. The summed E-state index contributed by atoms with van der Waals surface area (Å²) in [5, 5.41) is 5.20. The van der Waals surface area contributed by atoms with E-state index in [0.717, 1.165) is 22.5 Å². The van der Waals surface area contributed by atoms with Crippen molar-refractivity contribution < 1.29 is 4.79 Å². The quantitative estimate of drug-likeness (QED) is 0.631. The highest BCUT2D eigenvalue weighted by Gasteiger charge is 2.10. The number of likely N-dealkylation sites (N-methyl/N-ethyl adjacent to an activating group) is 1. The first kappa shape index (κ1) is 19.1. The fraction of sp³-hybridized carbons (Fsp3) is 0.263. The van der Waals surface area contributed by atoms with Crippen LogP contribution in [0.2, 0.25) is 10.0 Å². The summed E-state index contributed by atoms with van der Waals surface area (Å²) in [4.78, 5) is 18.6. The van der Waals surface area contributed by atoms with E-state index in [-0.39, 0.29) is 5.91 Å². The fourth-order valence-corrected chi connectivity index (χ4v) is 4.07. The maximum absolute atomic E-state index is 12.1. The van der Waals surface area contributed by atoms with Crippen molar-refractivity contribution in [3.05, 3.63) is 63.1 Å². The number of nitrogens with zero attached hydrogens (tertiary/aromatic N) is 2. The molecule has 0 saturated carbocycles. The maximum Gasteiger partial charge on any atom is 0.234 e. The molecule has 0 bridgehead atoms. The van der Waals surface area contributed by atoms with E-state index in [2.05, 4.69) is 16.4 Å². The van der Waals surface area contributed by atoms with Gasteiger partial charge < -0.3 is 5.32 Å². The lowest BCUT2D eigenvalue weighted by atomic mass is 10.2. The lowest BCUT2D eigenvalue weighted by molar-refractivity contribution is -0.122. The standard InChI is InChI=1S/C19H19Cl2N3OS/c1-24(11-13-6-7-14(20)10-15(13)21)12-18(25)22-9-8-19-23-16-4-2-3-5-17(16)26-19/h2-7,10H,8-9,11-12H2,1H3,(H,22,25). The third-order valence-electron chi connectivity index (χ3n) is 3.87. The number of rotatable bonds is 7. The number of halogens is 2. The SMILES string of the molecule is CN(CC(=O)NCCc1nc2ccccc2s1)Cc1ccc(Cl)cc1Cl. The lowest BCUT2D eigenvalue weighted by Gasteiger charge is -2.17. The number of aromatic nitrogens is 1. The van der Waals surface area contributed by atoms with Crippen LogP contribution in [0.5, 0.6) is 0 Å². The third-order valence-corrected chi connectivity index (χ3v) is 5.55. The summed E-state index contributed by atoms with van der Waals surface area (Å²) in [6.07, 6.45) is 0.734. The Morgan fingerprint density at radius 1 is 1.23 bits per heavy atom. The van der Waals surface area contributed by atoms with Gasteiger partial charge in [0.25, 0.3) is 0 Å². The molecule has 0 saturated heterocycles. The van der Waals surface area contributed by atoms with Crippen molar-refractivity contribution in [1.82, 2.24) is 15.2 Å². The van der Waals surface area contributed by atoms with E-state index in [1.165, 1.54) is 4.70 Å². The zero-order chi connectivity index (χ0) is 18.5. The Bertz CT molecular complexity index is 880. The smallest absolute Gasteiger partial charge is 0.234 e. The maximum atomic E-state index is 12.1. The van der Waals surface area contributed by atoms with Crippen molar-refractivity contribution >= 4 is 50.7 Å². The van der Waals surface area contributed by atoms with Crippen molar-refractivity contribution in [2.75, 3.05) is 20.1 Å². The molecule has 0 aliphatic carbocycles. The molecule has 1 amide bonds. The van der Waals surface area contributed by atoms with Crippen LogP contribution in [0.1, 0.15) is 10.6 Å². The number of para-hydroxylation sites is 1. The molecule has 2 aromatic carbocycles. The molecule has 0 unspecified atom stereocenters. The zero-order valence-corrected chi connectivity index (χ0v) is 16.7. The van der Waals surface area contributed by atoms with Crippen LogP contribution in [0, 0.1) is 0 Å². The molecule has 4 nitrogen and oxygen atoms in total. The van der Waals surface area contributed by atoms with Crippen LogP contribution in [0.4, 0.5) is 0 Å². The van der Waals surface area contributed by atoms with Gasteiger partial charge in [-0.15, -0.1) is 11.3 Å². The molecular weight excluding hydrogens is 389 g/mol. The van der Waals surface area contributed by atoms with Gasteiger partial charge in [0.05, 0.1) is 21.8 Å². The second-order valence-electron chi connectivity index (χ2n) is 6.08. The van der Waals surface area contributed by atoms with Crippen molar-refractivity contribution in [1.29, 1.82) is 0 Å². The van der Waals surface area contributed by atoms with E-state index < -0.39 is 0 Å². The molecule has 0 fully saturated rings. The molecule has 0 atom stereocenters. The second-order valence-corrected chi connectivity index (χ2v) is 8.04. The predicted molar refractivity (Wildman–Crippen MR) is 109 cm³/mol. The molecule has 1 aromatic heterocycles. The Balaban J connectivity index is 1.44. The van der Waals surface area contributed by atoms with Crippen LogP contribution < -0.4 is 5.32 Å². The van der Waals surface area contributed by atoms with E-state index >= 15 is 0 Å². The highest BCUT2D eigenvalue weighted by molar-refractivity contribution is 7.18. The van der Waals surface area contributed by atoms with E-state index in [4.69, 9.17) is 23.2 Å². The van der Waals surface area contributed by atoms with Gasteiger partial charge in [-0.3, -0.25) is 9.69 Å². The number of hydrogen-bond donors (Lipinski definition) is 1. The Morgan fingerprint density at radius 3 is 2.81 bits per heavy atom. The lowest BCUT2D eigenvalue weighted by Crippen LogP contribution is -2.35. The van der Waals surface area contributed by atoms with E-state index in [9.17, 15) is 4.79 Å². The molecule has 3 rings (SSSR count). The highest BCUT2D eigenvalue weighted by Crippen LogP contribution is 2.22. The molecular formula is C19H19Cl2N3OS. The number of carbonyl (C=O) groups excluding carboxylic acids is 1. The molecule has 26 heavy (non-hydrogen) atoms. The summed E-state index contributed by atoms with van der Waals surface area (Å²) in [5.74, 6) is -0.0151. The summed E-state index contributed by atoms with van der Waals surface area (Å²) in [5.41, 5.74) is 1.96. The van der Waals surface area contributed by atoms with Gasteiger partial charge in [0, 0.05) is 29.6 Å². The van der Waals surface area contributed by atoms with Crippen molar-refractivity contribution in [3.63, 3.8) is 0 Å². The molecule has 136 valence electrons. The molecule has 7 heteroatoms. The summed E-state index contributed by atoms with van der Waals surface area (Å²) < 4.78 is 1.17. The second kappa shape index (κ2) is 8.82. The van der Waals surface area contributed by atoms with Gasteiger partial charge in [-0.05, 0) is 36.9 Å². The number of nitrogens with one attached hydrogen (secondary N) is 1. The molecule has 1 heterocycles. The minimum Gasteiger partial charge on any atom is -0.355 e.